The average Bonchev–Trinajstić information content (AvgIpc) is 2.26. The SMILES string of the molecule is C#CC(C)(CCN)OCCC(C)(C)NCCC. The Hall–Kier alpha value is -0.560. The van der Waals surface area contributed by atoms with E-state index in [-0.39, 0.29) is 5.54 Å². The molecule has 0 aliphatic rings. The van der Waals surface area contributed by atoms with Crippen molar-refractivity contribution in [1.82, 2.24) is 5.32 Å². The Morgan fingerprint density at radius 1 is 1.29 bits per heavy atom. The van der Waals surface area contributed by atoms with Gasteiger partial charge in [-0.15, -0.1) is 6.42 Å². The molecule has 0 aliphatic carbocycles. The van der Waals surface area contributed by atoms with Gasteiger partial charge in [0.05, 0.1) is 6.61 Å². The number of hydrogen-bond acceptors (Lipinski definition) is 3. The van der Waals surface area contributed by atoms with Gasteiger partial charge in [0, 0.05) is 5.54 Å². The van der Waals surface area contributed by atoms with Crippen LogP contribution in [0.3, 0.4) is 0 Å². The summed E-state index contributed by atoms with van der Waals surface area (Å²) >= 11 is 0. The smallest absolute Gasteiger partial charge is 0.126 e. The second kappa shape index (κ2) is 7.71. The van der Waals surface area contributed by atoms with E-state index >= 15 is 0 Å². The summed E-state index contributed by atoms with van der Waals surface area (Å²) in [5.74, 6) is 2.69. The first-order chi connectivity index (χ1) is 7.89. The molecule has 100 valence electrons. The third-order valence-electron chi connectivity index (χ3n) is 2.93. The predicted molar refractivity (Wildman–Crippen MR) is 73.9 cm³/mol. The Morgan fingerprint density at radius 3 is 2.41 bits per heavy atom. The van der Waals surface area contributed by atoms with Gasteiger partial charge in [0.1, 0.15) is 5.60 Å². The van der Waals surface area contributed by atoms with Crippen LogP contribution < -0.4 is 11.1 Å². The Bertz CT molecular complexity index is 245. The van der Waals surface area contributed by atoms with Crippen LogP contribution in [0.4, 0.5) is 0 Å². The van der Waals surface area contributed by atoms with E-state index in [1.165, 1.54) is 0 Å². The van der Waals surface area contributed by atoms with Crippen molar-refractivity contribution in [3.8, 4) is 12.3 Å². The molecule has 0 aromatic heterocycles. The molecule has 0 heterocycles. The van der Waals surface area contributed by atoms with E-state index in [1.807, 2.05) is 6.92 Å². The van der Waals surface area contributed by atoms with E-state index in [1.54, 1.807) is 0 Å². The summed E-state index contributed by atoms with van der Waals surface area (Å²) in [5, 5.41) is 3.49. The third-order valence-corrected chi connectivity index (χ3v) is 2.93. The van der Waals surface area contributed by atoms with E-state index in [0.717, 1.165) is 19.4 Å². The van der Waals surface area contributed by atoms with Crippen molar-refractivity contribution in [2.24, 2.45) is 5.73 Å². The summed E-state index contributed by atoms with van der Waals surface area (Å²) in [6.45, 7) is 10.7. The summed E-state index contributed by atoms with van der Waals surface area (Å²) in [5.41, 5.74) is 5.10. The first-order valence-electron chi connectivity index (χ1n) is 6.46. The molecule has 3 heteroatoms. The van der Waals surface area contributed by atoms with Crippen molar-refractivity contribution < 1.29 is 4.74 Å². The monoisotopic (exact) mass is 240 g/mol. The molecule has 0 aliphatic heterocycles. The van der Waals surface area contributed by atoms with Gasteiger partial charge >= 0.3 is 0 Å². The van der Waals surface area contributed by atoms with Gasteiger partial charge < -0.3 is 15.8 Å². The van der Waals surface area contributed by atoms with Crippen LogP contribution in [0.5, 0.6) is 0 Å². The van der Waals surface area contributed by atoms with Crippen LogP contribution in [0, 0.1) is 12.3 Å². The van der Waals surface area contributed by atoms with E-state index in [9.17, 15) is 0 Å². The quantitative estimate of drug-likeness (QED) is 0.605. The maximum absolute atomic E-state index is 5.78. The Morgan fingerprint density at radius 2 is 1.94 bits per heavy atom. The molecule has 0 aromatic carbocycles. The van der Waals surface area contributed by atoms with Crippen LogP contribution in [-0.2, 0) is 4.74 Å². The Kier molecular flexibility index (Phi) is 7.45. The summed E-state index contributed by atoms with van der Waals surface area (Å²) < 4.78 is 5.78. The summed E-state index contributed by atoms with van der Waals surface area (Å²) in [6, 6.07) is 0. The van der Waals surface area contributed by atoms with Crippen LogP contribution in [0.15, 0.2) is 0 Å². The first kappa shape index (κ1) is 16.4. The third kappa shape index (κ3) is 7.38. The number of nitrogens with one attached hydrogen (secondary N) is 1. The maximum atomic E-state index is 5.78. The lowest BCUT2D eigenvalue weighted by atomic mass is 10.00. The zero-order chi connectivity index (χ0) is 13.4. The van der Waals surface area contributed by atoms with Crippen molar-refractivity contribution in [1.29, 1.82) is 0 Å². The van der Waals surface area contributed by atoms with Gasteiger partial charge in [-0.3, -0.25) is 0 Å². The zero-order valence-electron chi connectivity index (χ0n) is 11.8. The van der Waals surface area contributed by atoms with Gasteiger partial charge in [0.15, 0.2) is 0 Å². The van der Waals surface area contributed by atoms with Gasteiger partial charge in [0.2, 0.25) is 0 Å². The Balaban J connectivity index is 4.00. The van der Waals surface area contributed by atoms with Gasteiger partial charge in [-0.2, -0.15) is 0 Å². The van der Waals surface area contributed by atoms with E-state index < -0.39 is 5.60 Å². The van der Waals surface area contributed by atoms with Crippen molar-refractivity contribution >= 4 is 0 Å². The van der Waals surface area contributed by atoms with Gasteiger partial charge in [-0.05, 0) is 53.1 Å². The summed E-state index contributed by atoms with van der Waals surface area (Å²) in [7, 11) is 0. The van der Waals surface area contributed by atoms with Crippen LogP contribution in [-0.4, -0.2) is 30.8 Å². The molecule has 0 bridgehead atoms. The highest BCUT2D eigenvalue weighted by atomic mass is 16.5. The molecule has 1 atom stereocenters. The number of terminal acetylenes is 1. The molecule has 0 saturated carbocycles. The number of rotatable bonds is 9. The molecular formula is C14H28N2O. The summed E-state index contributed by atoms with van der Waals surface area (Å²) in [4.78, 5) is 0. The highest BCUT2D eigenvalue weighted by Gasteiger charge is 2.23. The Labute approximate surface area is 106 Å². The second-order valence-electron chi connectivity index (χ2n) is 5.32. The van der Waals surface area contributed by atoms with E-state index in [2.05, 4.69) is 32.0 Å². The van der Waals surface area contributed by atoms with Gasteiger partial charge in [-0.1, -0.05) is 12.8 Å². The fraction of sp³-hybridized carbons (Fsp3) is 0.857. The molecule has 0 saturated heterocycles. The van der Waals surface area contributed by atoms with Crippen LogP contribution in [0.1, 0.15) is 47.0 Å². The fourth-order valence-electron chi connectivity index (χ4n) is 1.54. The molecule has 3 N–H and O–H groups in total. The lowest BCUT2D eigenvalue weighted by Crippen LogP contribution is -2.41. The lowest BCUT2D eigenvalue weighted by Gasteiger charge is -2.29. The molecular weight excluding hydrogens is 212 g/mol. The van der Waals surface area contributed by atoms with E-state index in [0.29, 0.717) is 19.6 Å². The summed E-state index contributed by atoms with van der Waals surface area (Å²) in [6.07, 6.45) is 8.26. The molecule has 0 radical (unpaired) electrons. The number of nitrogens with two attached hydrogens (primary N) is 1. The van der Waals surface area contributed by atoms with Gasteiger partial charge in [-0.25, -0.2) is 0 Å². The normalized spacial score (nSPS) is 15.3. The minimum atomic E-state index is -0.518. The molecule has 0 rings (SSSR count). The predicted octanol–water partition coefficient (Wildman–Crippen LogP) is 1.91. The molecule has 1 unspecified atom stereocenters. The molecule has 0 fully saturated rings. The highest BCUT2D eigenvalue weighted by molar-refractivity contribution is 5.06. The minimum absolute atomic E-state index is 0.0915. The van der Waals surface area contributed by atoms with Crippen molar-refractivity contribution in [3.63, 3.8) is 0 Å². The van der Waals surface area contributed by atoms with Crippen LogP contribution in [0.25, 0.3) is 0 Å². The van der Waals surface area contributed by atoms with Crippen LogP contribution >= 0.6 is 0 Å². The largest absolute Gasteiger partial charge is 0.363 e. The zero-order valence-corrected chi connectivity index (χ0v) is 11.8. The number of hydrogen-bond donors (Lipinski definition) is 2. The maximum Gasteiger partial charge on any atom is 0.126 e. The first-order valence-corrected chi connectivity index (χ1v) is 6.46. The molecule has 17 heavy (non-hydrogen) atoms. The van der Waals surface area contributed by atoms with Crippen molar-refractivity contribution in [2.75, 3.05) is 19.7 Å². The van der Waals surface area contributed by atoms with Gasteiger partial charge in [0.25, 0.3) is 0 Å². The minimum Gasteiger partial charge on any atom is -0.363 e. The van der Waals surface area contributed by atoms with Crippen molar-refractivity contribution in [3.05, 3.63) is 0 Å². The lowest BCUT2D eigenvalue weighted by molar-refractivity contribution is -0.000367. The number of ether oxygens (including phenoxy) is 1. The topological polar surface area (TPSA) is 47.3 Å². The standard InChI is InChI=1S/C14H28N2O/c1-6-11-16-13(3,4)9-12-17-14(5,7-2)8-10-15/h2,16H,6,8-12,15H2,1,3-5H3. The second-order valence-corrected chi connectivity index (χ2v) is 5.32. The highest BCUT2D eigenvalue weighted by Crippen LogP contribution is 2.16. The fourth-order valence-corrected chi connectivity index (χ4v) is 1.54. The molecule has 0 spiro atoms. The van der Waals surface area contributed by atoms with Crippen molar-refractivity contribution in [2.45, 2.75) is 58.1 Å². The molecule has 3 nitrogen and oxygen atoms in total. The average molecular weight is 240 g/mol. The molecule has 0 amide bonds. The molecule has 0 aromatic rings. The van der Waals surface area contributed by atoms with E-state index in [4.69, 9.17) is 16.9 Å². The van der Waals surface area contributed by atoms with Crippen LogP contribution in [0.2, 0.25) is 0 Å².